The van der Waals surface area contributed by atoms with E-state index in [1.165, 1.54) is 25.3 Å². The summed E-state index contributed by atoms with van der Waals surface area (Å²) in [6, 6.07) is 5.12. The Balaban J connectivity index is 1.83. The number of fused-ring (bicyclic) bond motifs is 1. The lowest BCUT2D eigenvalue weighted by molar-refractivity contribution is 0.0930. The summed E-state index contributed by atoms with van der Waals surface area (Å²) in [5.41, 5.74) is 0.998. The number of anilines is 1. The topological polar surface area (TPSA) is 78.8 Å². The fourth-order valence-electron chi connectivity index (χ4n) is 4.00. The number of hydrogen-bond donors (Lipinski definition) is 1. The molecular formula is C21H31N3O3S. The van der Waals surface area contributed by atoms with E-state index >= 15 is 0 Å². The van der Waals surface area contributed by atoms with Gasteiger partial charge in [0, 0.05) is 18.2 Å². The van der Waals surface area contributed by atoms with Crippen LogP contribution in [-0.2, 0) is 10.0 Å². The maximum Gasteiger partial charge on any atom is 0.286 e. The first-order valence-electron chi connectivity index (χ1n) is 10.5. The normalized spacial score (nSPS) is 19.9. The van der Waals surface area contributed by atoms with E-state index in [2.05, 4.69) is 16.6 Å². The van der Waals surface area contributed by atoms with Crippen LogP contribution in [0.5, 0.6) is 0 Å². The van der Waals surface area contributed by atoms with Crippen LogP contribution in [-0.4, -0.2) is 32.7 Å². The molecule has 7 heteroatoms. The van der Waals surface area contributed by atoms with Crippen molar-refractivity contribution in [2.24, 2.45) is 4.40 Å². The Labute approximate surface area is 168 Å². The van der Waals surface area contributed by atoms with Gasteiger partial charge in [0.05, 0.1) is 5.69 Å². The molecule has 3 rings (SSSR count). The Bertz CT molecular complexity index is 840. The third-order valence-corrected chi connectivity index (χ3v) is 7.00. The molecule has 2 aliphatic rings. The standard InChI is InChI=1S/C21H31N3O3S/c1-3-4-14-24-16(2)23-28(26,27)20-15-17(12-13-19(20)24)21(25)22-18-10-8-6-5-7-9-11-18/h12-13,15,18H,3-11,14H2,1-2H3,(H,22,25). The van der Waals surface area contributed by atoms with Crippen molar-refractivity contribution in [3.63, 3.8) is 0 Å². The Kier molecular flexibility index (Phi) is 6.75. The van der Waals surface area contributed by atoms with Crippen LogP contribution in [0.3, 0.4) is 0 Å². The summed E-state index contributed by atoms with van der Waals surface area (Å²) in [7, 11) is -3.78. The zero-order valence-corrected chi connectivity index (χ0v) is 17.7. The van der Waals surface area contributed by atoms with Crippen molar-refractivity contribution in [2.75, 3.05) is 11.4 Å². The number of unbranched alkanes of at least 4 members (excludes halogenated alkanes) is 1. The second kappa shape index (κ2) is 9.07. The van der Waals surface area contributed by atoms with Gasteiger partial charge in [0.1, 0.15) is 10.7 Å². The number of amides is 1. The molecule has 1 aromatic carbocycles. The summed E-state index contributed by atoms with van der Waals surface area (Å²) in [4.78, 5) is 14.8. The molecule has 28 heavy (non-hydrogen) atoms. The molecule has 0 bridgehead atoms. The number of sulfonamides is 1. The Morgan fingerprint density at radius 3 is 2.54 bits per heavy atom. The van der Waals surface area contributed by atoms with Gasteiger partial charge in [-0.2, -0.15) is 8.42 Å². The quantitative estimate of drug-likeness (QED) is 0.794. The average molecular weight is 406 g/mol. The van der Waals surface area contributed by atoms with Crippen molar-refractivity contribution >= 4 is 27.5 Å². The van der Waals surface area contributed by atoms with Gasteiger partial charge in [-0.05, 0) is 44.4 Å². The number of amidine groups is 1. The highest BCUT2D eigenvalue weighted by molar-refractivity contribution is 7.90. The molecule has 1 aliphatic carbocycles. The molecule has 0 aromatic heterocycles. The predicted molar refractivity (Wildman–Crippen MR) is 113 cm³/mol. The molecule has 0 radical (unpaired) electrons. The van der Waals surface area contributed by atoms with E-state index in [1.807, 2.05) is 4.90 Å². The highest BCUT2D eigenvalue weighted by Gasteiger charge is 2.29. The van der Waals surface area contributed by atoms with Crippen molar-refractivity contribution < 1.29 is 13.2 Å². The van der Waals surface area contributed by atoms with Crippen LogP contribution in [0.1, 0.15) is 82.0 Å². The second-order valence-corrected chi connectivity index (χ2v) is 9.39. The number of carbonyl (C=O) groups excluding carboxylic acids is 1. The molecule has 154 valence electrons. The summed E-state index contributed by atoms with van der Waals surface area (Å²) in [6.07, 6.45) is 9.89. The lowest BCUT2D eigenvalue weighted by Gasteiger charge is -2.29. The molecular weight excluding hydrogens is 374 g/mol. The van der Waals surface area contributed by atoms with Crippen molar-refractivity contribution in [1.29, 1.82) is 0 Å². The van der Waals surface area contributed by atoms with Gasteiger partial charge in [-0.1, -0.05) is 45.4 Å². The zero-order chi connectivity index (χ0) is 20.1. The zero-order valence-electron chi connectivity index (χ0n) is 16.9. The van der Waals surface area contributed by atoms with Crippen LogP contribution < -0.4 is 10.2 Å². The summed E-state index contributed by atoms with van der Waals surface area (Å²) >= 11 is 0. The predicted octanol–water partition coefficient (Wildman–Crippen LogP) is 4.26. The molecule has 0 saturated heterocycles. The van der Waals surface area contributed by atoms with E-state index in [4.69, 9.17) is 0 Å². The molecule has 1 saturated carbocycles. The Morgan fingerprint density at radius 1 is 1.18 bits per heavy atom. The van der Waals surface area contributed by atoms with Crippen molar-refractivity contribution in [3.05, 3.63) is 23.8 Å². The van der Waals surface area contributed by atoms with Crippen LogP contribution in [0.2, 0.25) is 0 Å². The number of rotatable bonds is 5. The monoisotopic (exact) mass is 405 g/mol. The molecule has 0 unspecified atom stereocenters. The Morgan fingerprint density at radius 2 is 1.86 bits per heavy atom. The molecule has 1 aromatic rings. The van der Waals surface area contributed by atoms with E-state index < -0.39 is 10.0 Å². The minimum Gasteiger partial charge on any atom is -0.349 e. The van der Waals surface area contributed by atoms with E-state index in [0.29, 0.717) is 23.6 Å². The van der Waals surface area contributed by atoms with Gasteiger partial charge in [-0.3, -0.25) is 4.79 Å². The summed E-state index contributed by atoms with van der Waals surface area (Å²) in [6.45, 7) is 4.52. The van der Waals surface area contributed by atoms with Gasteiger partial charge < -0.3 is 10.2 Å². The van der Waals surface area contributed by atoms with Crippen molar-refractivity contribution in [2.45, 2.75) is 82.6 Å². The molecule has 1 fully saturated rings. The van der Waals surface area contributed by atoms with Gasteiger partial charge in [0.2, 0.25) is 0 Å². The third-order valence-electron chi connectivity index (χ3n) is 5.61. The highest BCUT2D eigenvalue weighted by atomic mass is 32.2. The highest BCUT2D eigenvalue weighted by Crippen LogP contribution is 2.33. The maximum atomic E-state index is 12.8. The minimum atomic E-state index is -3.78. The van der Waals surface area contributed by atoms with Crippen LogP contribution in [0.4, 0.5) is 5.69 Å². The van der Waals surface area contributed by atoms with E-state index in [0.717, 1.165) is 38.5 Å². The molecule has 0 spiro atoms. The maximum absolute atomic E-state index is 12.8. The van der Waals surface area contributed by atoms with Crippen LogP contribution in [0.25, 0.3) is 0 Å². The summed E-state index contributed by atoms with van der Waals surface area (Å²) < 4.78 is 29.1. The number of hydrogen-bond acceptors (Lipinski definition) is 4. The second-order valence-electron chi connectivity index (χ2n) is 7.82. The van der Waals surface area contributed by atoms with Gasteiger partial charge in [0.15, 0.2) is 0 Å². The van der Waals surface area contributed by atoms with Crippen molar-refractivity contribution in [1.82, 2.24) is 5.32 Å². The largest absolute Gasteiger partial charge is 0.349 e. The first-order valence-corrected chi connectivity index (χ1v) is 11.9. The molecule has 0 atom stereocenters. The first kappa shape index (κ1) is 20.8. The van der Waals surface area contributed by atoms with Crippen LogP contribution >= 0.6 is 0 Å². The number of nitrogens with one attached hydrogen (secondary N) is 1. The lowest BCUT2D eigenvalue weighted by Crippen LogP contribution is -2.36. The average Bonchev–Trinajstić information content (AvgIpc) is 2.63. The van der Waals surface area contributed by atoms with E-state index in [-0.39, 0.29) is 16.8 Å². The summed E-state index contributed by atoms with van der Waals surface area (Å²) in [5.74, 6) is 0.280. The van der Waals surface area contributed by atoms with Crippen LogP contribution in [0, 0.1) is 0 Å². The molecule has 1 aliphatic heterocycles. The fourth-order valence-corrected chi connectivity index (χ4v) is 5.26. The number of nitrogens with zero attached hydrogens (tertiary/aromatic N) is 2. The molecule has 1 heterocycles. The molecule has 1 N–H and O–H groups in total. The summed E-state index contributed by atoms with van der Waals surface area (Å²) in [5, 5.41) is 3.11. The van der Waals surface area contributed by atoms with Gasteiger partial charge in [-0.25, -0.2) is 0 Å². The fraction of sp³-hybridized carbons (Fsp3) is 0.619. The minimum absolute atomic E-state index is 0.125. The smallest absolute Gasteiger partial charge is 0.286 e. The van der Waals surface area contributed by atoms with Crippen LogP contribution in [0.15, 0.2) is 27.5 Å². The van der Waals surface area contributed by atoms with E-state index in [1.54, 1.807) is 19.1 Å². The van der Waals surface area contributed by atoms with Crippen molar-refractivity contribution in [3.8, 4) is 0 Å². The molecule has 6 nitrogen and oxygen atoms in total. The van der Waals surface area contributed by atoms with Gasteiger partial charge in [-0.15, -0.1) is 4.40 Å². The Hall–Kier alpha value is -1.89. The first-order chi connectivity index (χ1) is 13.4. The van der Waals surface area contributed by atoms with Gasteiger partial charge in [0.25, 0.3) is 15.9 Å². The SMILES string of the molecule is CCCCN1C(C)=NS(=O)(=O)c2cc(C(=O)NC3CCCCCCC3)ccc21. The lowest BCUT2D eigenvalue weighted by atomic mass is 9.96. The molecule has 1 amide bonds. The number of benzene rings is 1. The number of carbonyl (C=O) groups is 1. The third kappa shape index (κ3) is 4.74. The van der Waals surface area contributed by atoms with Gasteiger partial charge >= 0.3 is 0 Å². The van der Waals surface area contributed by atoms with E-state index in [9.17, 15) is 13.2 Å².